The van der Waals surface area contributed by atoms with E-state index in [1.807, 2.05) is 12.1 Å². The van der Waals surface area contributed by atoms with E-state index in [-0.39, 0.29) is 18.1 Å². The van der Waals surface area contributed by atoms with Gasteiger partial charge in [-0.05, 0) is 42.0 Å². The van der Waals surface area contributed by atoms with Crippen molar-refractivity contribution >= 4 is 29.1 Å². The van der Waals surface area contributed by atoms with Crippen molar-refractivity contribution in [3.8, 4) is 5.75 Å². The van der Waals surface area contributed by atoms with Gasteiger partial charge in [0.25, 0.3) is 0 Å². The first kappa shape index (κ1) is 17.7. The summed E-state index contributed by atoms with van der Waals surface area (Å²) < 4.78 is 19.3. The number of carbonyl (C=O) groups is 1. The number of carbonyl (C=O) groups excluding carboxylic acids is 1. The highest BCUT2D eigenvalue weighted by Crippen LogP contribution is 2.23. The molecule has 0 aliphatic rings. The van der Waals surface area contributed by atoms with Crippen molar-refractivity contribution in [1.29, 1.82) is 0 Å². The predicted molar refractivity (Wildman–Crippen MR) is 99.1 cm³/mol. The summed E-state index contributed by atoms with van der Waals surface area (Å²) in [6.07, 6.45) is 1.52. The highest BCUT2D eigenvalue weighted by molar-refractivity contribution is 6.30. The Morgan fingerprint density at radius 1 is 1.08 bits per heavy atom. The number of urea groups is 1. The fraction of sp³-hybridized carbons (Fsp3) is 0.0526. The Hall–Kier alpha value is -3.12. The molecule has 7 heteroatoms. The molecule has 0 aliphatic carbocycles. The minimum Gasteiger partial charge on any atom is -0.485 e. The number of aromatic nitrogens is 1. The van der Waals surface area contributed by atoms with Gasteiger partial charge in [0.05, 0.1) is 5.69 Å². The molecule has 0 spiro atoms. The third kappa shape index (κ3) is 4.70. The number of pyridine rings is 1. The molecule has 2 amide bonds. The molecular formula is C19H15ClFN3O2. The summed E-state index contributed by atoms with van der Waals surface area (Å²) >= 11 is 5.95. The van der Waals surface area contributed by atoms with E-state index in [1.54, 1.807) is 36.4 Å². The number of hydrogen-bond acceptors (Lipinski definition) is 3. The van der Waals surface area contributed by atoms with Gasteiger partial charge in [0.2, 0.25) is 0 Å². The van der Waals surface area contributed by atoms with Gasteiger partial charge in [-0.1, -0.05) is 35.9 Å². The molecule has 0 saturated carbocycles. The van der Waals surface area contributed by atoms with Crippen molar-refractivity contribution in [2.45, 2.75) is 6.61 Å². The van der Waals surface area contributed by atoms with Crippen LogP contribution in [0.4, 0.5) is 20.7 Å². The molecule has 0 fully saturated rings. The summed E-state index contributed by atoms with van der Waals surface area (Å²) in [4.78, 5) is 16.2. The smallest absolute Gasteiger partial charge is 0.325 e. The highest BCUT2D eigenvalue weighted by atomic mass is 35.5. The first-order chi connectivity index (χ1) is 12.6. The van der Waals surface area contributed by atoms with Crippen LogP contribution >= 0.6 is 11.6 Å². The average molecular weight is 372 g/mol. The van der Waals surface area contributed by atoms with Crippen molar-refractivity contribution in [3.63, 3.8) is 0 Å². The van der Waals surface area contributed by atoms with Gasteiger partial charge >= 0.3 is 6.03 Å². The number of anilines is 2. The second kappa shape index (κ2) is 8.31. The van der Waals surface area contributed by atoms with Crippen LogP contribution in [-0.4, -0.2) is 11.0 Å². The molecule has 2 N–H and O–H groups in total. The van der Waals surface area contributed by atoms with Crippen molar-refractivity contribution < 1.29 is 13.9 Å². The molecule has 132 valence electrons. The van der Waals surface area contributed by atoms with E-state index in [4.69, 9.17) is 16.3 Å². The van der Waals surface area contributed by atoms with E-state index in [1.165, 1.54) is 18.3 Å². The molecule has 5 nitrogen and oxygen atoms in total. The number of amides is 2. The zero-order valence-corrected chi connectivity index (χ0v) is 14.3. The summed E-state index contributed by atoms with van der Waals surface area (Å²) in [5, 5.41) is 5.60. The average Bonchev–Trinajstić information content (AvgIpc) is 2.63. The lowest BCUT2D eigenvalue weighted by molar-refractivity contribution is 0.261. The maximum absolute atomic E-state index is 13.6. The van der Waals surface area contributed by atoms with Crippen LogP contribution in [0, 0.1) is 5.82 Å². The lowest BCUT2D eigenvalue weighted by Crippen LogP contribution is -2.21. The number of hydrogen-bond donors (Lipinski definition) is 2. The van der Waals surface area contributed by atoms with Gasteiger partial charge < -0.3 is 10.1 Å². The summed E-state index contributed by atoms with van der Waals surface area (Å²) in [5.41, 5.74) is 0.949. The van der Waals surface area contributed by atoms with Gasteiger partial charge in [0.15, 0.2) is 11.6 Å². The van der Waals surface area contributed by atoms with Crippen LogP contribution < -0.4 is 15.4 Å². The second-order valence-corrected chi connectivity index (χ2v) is 5.76. The Kier molecular flexibility index (Phi) is 5.66. The van der Waals surface area contributed by atoms with E-state index >= 15 is 0 Å². The molecule has 1 heterocycles. The van der Waals surface area contributed by atoms with E-state index in [2.05, 4.69) is 15.6 Å². The van der Waals surface area contributed by atoms with E-state index in [9.17, 15) is 9.18 Å². The molecule has 0 bridgehead atoms. The van der Waals surface area contributed by atoms with Crippen LogP contribution in [0.15, 0.2) is 66.9 Å². The lowest BCUT2D eigenvalue weighted by Gasteiger charge is -2.12. The van der Waals surface area contributed by atoms with E-state index in [0.29, 0.717) is 10.8 Å². The Bertz CT molecular complexity index is 921. The standard InChI is InChI=1S/C19H15ClFN3O2/c20-14-6-3-5-13(11-14)12-26-17-9-4-10-22-18(17)24-19(25)23-16-8-2-1-7-15(16)21/h1-11H,12H2,(H2,22,23,24,25). The maximum atomic E-state index is 13.6. The fourth-order valence-electron chi connectivity index (χ4n) is 2.21. The van der Waals surface area contributed by atoms with E-state index in [0.717, 1.165) is 5.56 Å². The summed E-state index contributed by atoms with van der Waals surface area (Å²) in [5.74, 6) is 0.0839. The topological polar surface area (TPSA) is 63.2 Å². The Morgan fingerprint density at radius 3 is 2.73 bits per heavy atom. The largest absolute Gasteiger partial charge is 0.485 e. The first-order valence-electron chi connectivity index (χ1n) is 7.76. The minimum absolute atomic E-state index is 0.0716. The van der Waals surface area contributed by atoms with Crippen LogP contribution in [0.25, 0.3) is 0 Å². The van der Waals surface area contributed by atoms with Gasteiger partial charge in [-0.15, -0.1) is 0 Å². The minimum atomic E-state index is -0.624. The zero-order chi connectivity index (χ0) is 18.4. The first-order valence-corrected chi connectivity index (χ1v) is 8.14. The lowest BCUT2D eigenvalue weighted by atomic mass is 10.2. The number of benzene rings is 2. The van der Waals surface area contributed by atoms with Crippen molar-refractivity contribution in [3.05, 3.63) is 83.3 Å². The third-order valence-corrected chi connectivity index (χ3v) is 3.64. The zero-order valence-electron chi connectivity index (χ0n) is 13.6. The number of para-hydroxylation sites is 1. The van der Waals surface area contributed by atoms with Crippen LogP contribution in [0.5, 0.6) is 5.75 Å². The number of nitrogens with zero attached hydrogens (tertiary/aromatic N) is 1. The molecule has 0 atom stereocenters. The third-order valence-electron chi connectivity index (χ3n) is 3.41. The monoisotopic (exact) mass is 371 g/mol. The Labute approximate surface area is 154 Å². The van der Waals surface area contributed by atoms with Crippen molar-refractivity contribution in [1.82, 2.24) is 4.98 Å². The fourth-order valence-corrected chi connectivity index (χ4v) is 2.43. The number of halogens is 2. The molecule has 2 aromatic carbocycles. The molecule has 0 aliphatic heterocycles. The highest BCUT2D eigenvalue weighted by Gasteiger charge is 2.11. The second-order valence-electron chi connectivity index (χ2n) is 5.33. The summed E-state index contributed by atoms with van der Waals surface area (Å²) in [7, 11) is 0. The van der Waals surface area contributed by atoms with Gasteiger partial charge in [0, 0.05) is 11.2 Å². The molecule has 26 heavy (non-hydrogen) atoms. The SMILES string of the molecule is O=C(Nc1ccccc1F)Nc1ncccc1OCc1cccc(Cl)c1. The number of ether oxygens (including phenoxy) is 1. The van der Waals surface area contributed by atoms with Crippen LogP contribution in [0.1, 0.15) is 5.56 Å². The molecular weight excluding hydrogens is 357 g/mol. The van der Waals surface area contributed by atoms with Crippen LogP contribution in [0.3, 0.4) is 0 Å². The van der Waals surface area contributed by atoms with Crippen molar-refractivity contribution in [2.75, 3.05) is 10.6 Å². The van der Waals surface area contributed by atoms with Gasteiger partial charge in [-0.2, -0.15) is 0 Å². The summed E-state index contributed by atoms with van der Waals surface area (Å²) in [6.45, 7) is 0.260. The Balaban J connectivity index is 1.67. The van der Waals surface area contributed by atoms with Gasteiger partial charge in [-0.25, -0.2) is 14.2 Å². The molecule has 3 aromatic rings. The number of rotatable bonds is 5. The maximum Gasteiger partial charge on any atom is 0.325 e. The predicted octanol–water partition coefficient (Wildman–Crippen LogP) is 5.10. The quantitative estimate of drug-likeness (QED) is 0.656. The number of nitrogens with one attached hydrogen (secondary N) is 2. The normalized spacial score (nSPS) is 10.2. The molecule has 0 unspecified atom stereocenters. The van der Waals surface area contributed by atoms with Gasteiger partial charge in [-0.3, -0.25) is 5.32 Å². The Morgan fingerprint density at radius 2 is 1.92 bits per heavy atom. The molecule has 3 rings (SSSR count). The van der Waals surface area contributed by atoms with Crippen molar-refractivity contribution in [2.24, 2.45) is 0 Å². The van der Waals surface area contributed by atoms with Gasteiger partial charge in [0.1, 0.15) is 12.4 Å². The molecule has 1 aromatic heterocycles. The van der Waals surface area contributed by atoms with Crippen LogP contribution in [-0.2, 0) is 6.61 Å². The summed E-state index contributed by atoms with van der Waals surface area (Å²) in [6, 6.07) is 15.9. The van der Waals surface area contributed by atoms with E-state index < -0.39 is 11.8 Å². The molecule has 0 radical (unpaired) electrons. The van der Waals surface area contributed by atoms with Crippen LogP contribution in [0.2, 0.25) is 5.02 Å². The molecule has 0 saturated heterocycles.